The number of nitrogens with zero attached hydrogens (tertiary/aromatic N) is 1. The zero-order chi connectivity index (χ0) is 10.4. The summed E-state index contributed by atoms with van der Waals surface area (Å²) < 4.78 is 5.33. The lowest BCUT2D eigenvalue weighted by Crippen LogP contribution is -2.43. The van der Waals surface area contributed by atoms with Gasteiger partial charge in [-0.25, -0.2) is 0 Å². The molecule has 1 amide bonds. The fourth-order valence-electron chi connectivity index (χ4n) is 2.08. The maximum Gasteiger partial charge on any atom is 0.219 e. The molecule has 0 aromatic rings. The van der Waals surface area contributed by atoms with Gasteiger partial charge in [0, 0.05) is 32.7 Å². The molecule has 3 heteroatoms. The summed E-state index contributed by atoms with van der Waals surface area (Å²) in [5.41, 5.74) is 0. The molecule has 1 fully saturated rings. The number of ether oxygens (including phenoxy) is 1. The molecule has 0 aromatic carbocycles. The van der Waals surface area contributed by atoms with Crippen molar-refractivity contribution < 1.29 is 9.53 Å². The summed E-state index contributed by atoms with van der Waals surface area (Å²) in [6.07, 6.45) is 4.55. The molecule has 0 saturated carbocycles. The van der Waals surface area contributed by atoms with Crippen molar-refractivity contribution in [3.8, 4) is 0 Å². The molecule has 1 rings (SSSR count). The molecular weight excluding hydrogens is 178 g/mol. The standard InChI is InChI=1S/C11H21NO2/c1-3-14-9-7-11-6-4-5-8-12(11)10(2)13/h11H,3-9H2,1-2H3. The zero-order valence-electron chi connectivity index (χ0n) is 9.29. The van der Waals surface area contributed by atoms with Gasteiger partial charge in [-0.05, 0) is 32.6 Å². The number of hydrogen-bond donors (Lipinski definition) is 0. The van der Waals surface area contributed by atoms with Gasteiger partial charge in [0.15, 0.2) is 0 Å². The number of hydrogen-bond acceptors (Lipinski definition) is 2. The van der Waals surface area contributed by atoms with Gasteiger partial charge in [-0.3, -0.25) is 4.79 Å². The van der Waals surface area contributed by atoms with Crippen molar-refractivity contribution in [2.24, 2.45) is 0 Å². The molecule has 3 nitrogen and oxygen atoms in total. The summed E-state index contributed by atoms with van der Waals surface area (Å²) in [5, 5.41) is 0. The van der Waals surface area contributed by atoms with Crippen molar-refractivity contribution in [2.75, 3.05) is 19.8 Å². The second-order valence-corrected chi connectivity index (χ2v) is 3.85. The summed E-state index contributed by atoms with van der Waals surface area (Å²) in [7, 11) is 0. The van der Waals surface area contributed by atoms with Crippen LogP contribution in [0.3, 0.4) is 0 Å². The van der Waals surface area contributed by atoms with Gasteiger partial charge in [-0.2, -0.15) is 0 Å². The topological polar surface area (TPSA) is 29.5 Å². The highest BCUT2D eigenvalue weighted by atomic mass is 16.5. The maximum atomic E-state index is 11.3. The van der Waals surface area contributed by atoms with Crippen LogP contribution in [0, 0.1) is 0 Å². The minimum Gasteiger partial charge on any atom is -0.382 e. The normalized spacial score (nSPS) is 22.4. The van der Waals surface area contributed by atoms with Crippen LogP contribution in [-0.4, -0.2) is 36.6 Å². The molecule has 82 valence electrons. The number of piperidine rings is 1. The summed E-state index contributed by atoms with van der Waals surface area (Å²) >= 11 is 0. The van der Waals surface area contributed by atoms with Crippen LogP contribution >= 0.6 is 0 Å². The highest BCUT2D eigenvalue weighted by Gasteiger charge is 2.23. The van der Waals surface area contributed by atoms with Crippen LogP contribution in [-0.2, 0) is 9.53 Å². The minimum absolute atomic E-state index is 0.214. The van der Waals surface area contributed by atoms with Gasteiger partial charge in [0.2, 0.25) is 5.91 Å². The Balaban J connectivity index is 2.34. The van der Waals surface area contributed by atoms with Crippen molar-refractivity contribution in [3.63, 3.8) is 0 Å². The van der Waals surface area contributed by atoms with Crippen LogP contribution < -0.4 is 0 Å². The van der Waals surface area contributed by atoms with Crippen LogP contribution in [0.5, 0.6) is 0 Å². The van der Waals surface area contributed by atoms with Gasteiger partial charge in [-0.15, -0.1) is 0 Å². The van der Waals surface area contributed by atoms with Gasteiger partial charge in [0.1, 0.15) is 0 Å². The molecule has 1 atom stereocenters. The fourth-order valence-corrected chi connectivity index (χ4v) is 2.08. The van der Waals surface area contributed by atoms with Crippen molar-refractivity contribution in [1.82, 2.24) is 4.90 Å². The van der Waals surface area contributed by atoms with Crippen molar-refractivity contribution in [3.05, 3.63) is 0 Å². The van der Waals surface area contributed by atoms with Crippen LogP contribution in [0.1, 0.15) is 39.5 Å². The maximum absolute atomic E-state index is 11.3. The molecule has 0 radical (unpaired) electrons. The molecule has 1 unspecified atom stereocenters. The first-order valence-electron chi connectivity index (χ1n) is 5.60. The Hall–Kier alpha value is -0.570. The third kappa shape index (κ3) is 3.29. The molecule has 0 bridgehead atoms. The van der Waals surface area contributed by atoms with E-state index in [9.17, 15) is 4.79 Å². The Bertz CT molecular complexity index is 182. The van der Waals surface area contributed by atoms with Gasteiger partial charge in [0.25, 0.3) is 0 Å². The lowest BCUT2D eigenvalue weighted by Gasteiger charge is -2.35. The second-order valence-electron chi connectivity index (χ2n) is 3.85. The Labute approximate surface area is 86.4 Å². The van der Waals surface area contributed by atoms with E-state index in [0.717, 1.165) is 39.0 Å². The van der Waals surface area contributed by atoms with E-state index >= 15 is 0 Å². The first-order chi connectivity index (χ1) is 6.75. The molecule has 0 N–H and O–H groups in total. The largest absolute Gasteiger partial charge is 0.382 e. The Morgan fingerprint density at radius 1 is 1.50 bits per heavy atom. The first kappa shape index (κ1) is 11.5. The highest BCUT2D eigenvalue weighted by molar-refractivity contribution is 5.73. The predicted molar refractivity (Wildman–Crippen MR) is 56.1 cm³/mol. The highest BCUT2D eigenvalue weighted by Crippen LogP contribution is 2.19. The lowest BCUT2D eigenvalue weighted by atomic mass is 10.00. The fraction of sp³-hybridized carbons (Fsp3) is 0.909. The van der Waals surface area contributed by atoms with E-state index in [0.29, 0.717) is 6.04 Å². The molecule has 1 heterocycles. The molecule has 0 aliphatic carbocycles. The van der Waals surface area contributed by atoms with E-state index in [1.807, 2.05) is 11.8 Å². The minimum atomic E-state index is 0.214. The summed E-state index contributed by atoms with van der Waals surface area (Å²) in [5.74, 6) is 0.214. The number of carbonyl (C=O) groups excluding carboxylic acids is 1. The SMILES string of the molecule is CCOCCC1CCCCN1C(C)=O. The van der Waals surface area contributed by atoms with Crippen LogP contribution in [0.25, 0.3) is 0 Å². The zero-order valence-corrected chi connectivity index (χ0v) is 9.29. The number of likely N-dealkylation sites (tertiary alicyclic amines) is 1. The van der Waals surface area contributed by atoms with E-state index in [1.54, 1.807) is 6.92 Å². The molecule has 0 spiro atoms. The molecular formula is C11H21NO2. The summed E-state index contributed by atoms with van der Waals surface area (Å²) in [6, 6.07) is 0.424. The average molecular weight is 199 g/mol. The van der Waals surface area contributed by atoms with E-state index in [1.165, 1.54) is 6.42 Å². The number of rotatable bonds is 4. The Morgan fingerprint density at radius 2 is 2.29 bits per heavy atom. The quantitative estimate of drug-likeness (QED) is 0.646. The smallest absolute Gasteiger partial charge is 0.219 e. The molecule has 1 aliphatic rings. The van der Waals surface area contributed by atoms with Crippen LogP contribution in [0.2, 0.25) is 0 Å². The Morgan fingerprint density at radius 3 is 2.93 bits per heavy atom. The van der Waals surface area contributed by atoms with E-state index in [-0.39, 0.29) is 5.91 Å². The van der Waals surface area contributed by atoms with Gasteiger partial charge in [0.05, 0.1) is 0 Å². The van der Waals surface area contributed by atoms with Gasteiger partial charge >= 0.3 is 0 Å². The third-order valence-corrected chi connectivity index (χ3v) is 2.83. The van der Waals surface area contributed by atoms with Crippen molar-refractivity contribution in [2.45, 2.75) is 45.6 Å². The number of amides is 1. The molecule has 0 aromatic heterocycles. The summed E-state index contributed by atoms with van der Waals surface area (Å²) in [6.45, 7) is 6.16. The monoisotopic (exact) mass is 199 g/mol. The van der Waals surface area contributed by atoms with Gasteiger partial charge < -0.3 is 9.64 Å². The third-order valence-electron chi connectivity index (χ3n) is 2.83. The van der Waals surface area contributed by atoms with E-state index in [4.69, 9.17) is 4.74 Å². The van der Waals surface area contributed by atoms with E-state index in [2.05, 4.69) is 0 Å². The average Bonchev–Trinajstić information content (AvgIpc) is 2.19. The van der Waals surface area contributed by atoms with Crippen molar-refractivity contribution >= 4 is 5.91 Å². The Kier molecular flexibility index (Phi) is 4.94. The number of carbonyl (C=O) groups is 1. The molecule has 1 aliphatic heterocycles. The van der Waals surface area contributed by atoms with Crippen molar-refractivity contribution in [1.29, 1.82) is 0 Å². The van der Waals surface area contributed by atoms with E-state index < -0.39 is 0 Å². The second kappa shape index (κ2) is 6.02. The predicted octanol–water partition coefficient (Wildman–Crippen LogP) is 1.81. The lowest BCUT2D eigenvalue weighted by molar-refractivity contribution is -0.132. The van der Waals surface area contributed by atoms with Crippen LogP contribution in [0.15, 0.2) is 0 Å². The van der Waals surface area contributed by atoms with Gasteiger partial charge in [-0.1, -0.05) is 0 Å². The first-order valence-corrected chi connectivity index (χ1v) is 5.60. The summed E-state index contributed by atoms with van der Waals surface area (Å²) in [4.78, 5) is 13.3. The van der Waals surface area contributed by atoms with Crippen LogP contribution in [0.4, 0.5) is 0 Å². The molecule has 1 saturated heterocycles. The molecule has 14 heavy (non-hydrogen) atoms.